The summed E-state index contributed by atoms with van der Waals surface area (Å²) in [6.45, 7) is 1.95. The molecule has 2 aromatic carbocycles. The zero-order chi connectivity index (χ0) is 14.7. The van der Waals surface area contributed by atoms with E-state index in [-0.39, 0.29) is 6.03 Å². The Kier molecular flexibility index (Phi) is 4.91. The molecule has 0 saturated heterocycles. The molecule has 6 heteroatoms. The number of anilines is 2. The third-order valence-electron chi connectivity index (χ3n) is 2.42. The molecule has 0 bridgehead atoms. The number of aryl methyl sites for hydroxylation is 1. The van der Waals surface area contributed by atoms with Crippen molar-refractivity contribution < 1.29 is 4.79 Å². The number of hydrogen-bond donors (Lipinski definition) is 2. The molecule has 0 spiro atoms. The second-order valence-corrected chi connectivity index (χ2v) is 6.04. The largest absolute Gasteiger partial charge is 0.323 e. The van der Waals surface area contributed by atoms with Gasteiger partial charge in [-0.2, -0.15) is 0 Å². The first-order valence-corrected chi connectivity index (χ1v) is 7.28. The lowest BCUT2D eigenvalue weighted by molar-refractivity contribution is 0.262. The number of carbonyl (C=O) groups excluding carboxylic acids is 1. The van der Waals surface area contributed by atoms with Crippen molar-refractivity contribution in [3.8, 4) is 0 Å². The first-order chi connectivity index (χ1) is 9.42. The van der Waals surface area contributed by atoms with Crippen LogP contribution in [0.5, 0.6) is 0 Å². The van der Waals surface area contributed by atoms with Crippen molar-refractivity contribution >= 4 is 56.5 Å². The van der Waals surface area contributed by atoms with Gasteiger partial charge in [0.15, 0.2) is 0 Å². The Balaban J connectivity index is 2.08. The van der Waals surface area contributed by atoms with Crippen LogP contribution in [0, 0.1) is 6.92 Å². The second kappa shape index (κ2) is 6.48. The molecule has 2 aromatic rings. The Bertz CT molecular complexity index is 566. The molecule has 0 heterocycles. The number of benzene rings is 2. The molecule has 104 valence electrons. The topological polar surface area (TPSA) is 41.1 Å². The molecule has 0 saturated carbocycles. The van der Waals surface area contributed by atoms with E-state index in [1.54, 1.807) is 18.2 Å². The van der Waals surface area contributed by atoms with E-state index in [2.05, 4.69) is 26.6 Å². The number of halogens is 3. The SMILES string of the molecule is Cc1cc(Br)cc(NC(=O)Nc2cc(Cl)cc(Cl)c2)c1. The van der Waals surface area contributed by atoms with Gasteiger partial charge in [0.05, 0.1) is 0 Å². The van der Waals surface area contributed by atoms with E-state index in [0.29, 0.717) is 21.4 Å². The summed E-state index contributed by atoms with van der Waals surface area (Å²) in [5, 5.41) is 6.35. The average Bonchev–Trinajstić information content (AvgIpc) is 2.24. The molecule has 0 fully saturated rings. The maximum absolute atomic E-state index is 11.9. The van der Waals surface area contributed by atoms with Crippen molar-refractivity contribution in [2.45, 2.75) is 6.92 Å². The van der Waals surface area contributed by atoms with E-state index < -0.39 is 0 Å². The zero-order valence-corrected chi connectivity index (χ0v) is 13.6. The molecular formula is C14H11BrCl2N2O. The molecule has 0 aliphatic heterocycles. The van der Waals surface area contributed by atoms with Crippen molar-refractivity contribution in [2.24, 2.45) is 0 Å². The van der Waals surface area contributed by atoms with Gasteiger partial charge in [-0.15, -0.1) is 0 Å². The lowest BCUT2D eigenvalue weighted by Gasteiger charge is -2.09. The van der Waals surface area contributed by atoms with Gasteiger partial charge in [0.25, 0.3) is 0 Å². The summed E-state index contributed by atoms with van der Waals surface area (Å²) >= 11 is 15.1. The van der Waals surface area contributed by atoms with Crippen LogP contribution in [0.2, 0.25) is 10.0 Å². The Hall–Kier alpha value is -1.23. The minimum atomic E-state index is -0.360. The molecule has 0 unspecified atom stereocenters. The molecule has 0 radical (unpaired) electrons. The van der Waals surface area contributed by atoms with Gasteiger partial charge in [0.2, 0.25) is 0 Å². The van der Waals surface area contributed by atoms with E-state index in [9.17, 15) is 4.79 Å². The maximum Gasteiger partial charge on any atom is 0.323 e. The van der Waals surface area contributed by atoms with Gasteiger partial charge in [-0.25, -0.2) is 4.79 Å². The Morgan fingerprint density at radius 1 is 0.950 bits per heavy atom. The van der Waals surface area contributed by atoms with Crippen LogP contribution in [0.15, 0.2) is 40.9 Å². The van der Waals surface area contributed by atoms with Crippen LogP contribution in [0.3, 0.4) is 0 Å². The lowest BCUT2D eigenvalue weighted by atomic mass is 10.2. The van der Waals surface area contributed by atoms with E-state index in [0.717, 1.165) is 10.0 Å². The van der Waals surface area contributed by atoms with Crippen LogP contribution in [0.1, 0.15) is 5.56 Å². The molecule has 3 nitrogen and oxygen atoms in total. The Morgan fingerprint density at radius 2 is 1.50 bits per heavy atom. The maximum atomic E-state index is 11.9. The summed E-state index contributed by atoms with van der Waals surface area (Å²) in [4.78, 5) is 11.9. The zero-order valence-electron chi connectivity index (χ0n) is 10.5. The van der Waals surface area contributed by atoms with Crippen LogP contribution in [0.4, 0.5) is 16.2 Å². The highest BCUT2D eigenvalue weighted by Crippen LogP contribution is 2.23. The van der Waals surface area contributed by atoms with Crippen molar-refractivity contribution in [3.63, 3.8) is 0 Å². The van der Waals surface area contributed by atoms with Crippen molar-refractivity contribution in [1.29, 1.82) is 0 Å². The van der Waals surface area contributed by atoms with Gasteiger partial charge in [-0.3, -0.25) is 0 Å². The molecule has 20 heavy (non-hydrogen) atoms. The highest BCUT2D eigenvalue weighted by atomic mass is 79.9. The third-order valence-corrected chi connectivity index (χ3v) is 3.31. The number of urea groups is 1. The van der Waals surface area contributed by atoms with Crippen LogP contribution < -0.4 is 10.6 Å². The summed E-state index contributed by atoms with van der Waals surface area (Å²) < 4.78 is 0.901. The summed E-state index contributed by atoms with van der Waals surface area (Å²) in [5.74, 6) is 0. The highest BCUT2D eigenvalue weighted by Gasteiger charge is 2.05. The summed E-state index contributed by atoms with van der Waals surface area (Å²) in [6, 6.07) is 10.1. The fourth-order valence-electron chi connectivity index (χ4n) is 1.73. The van der Waals surface area contributed by atoms with Crippen molar-refractivity contribution in [2.75, 3.05) is 10.6 Å². The molecule has 0 aliphatic carbocycles. The van der Waals surface area contributed by atoms with E-state index in [4.69, 9.17) is 23.2 Å². The van der Waals surface area contributed by atoms with E-state index in [1.165, 1.54) is 0 Å². The molecule has 0 atom stereocenters. The number of carbonyl (C=O) groups is 1. The third kappa shape index (κ3) is 4.40. The number of amides is 2. The van der Waals surface area contributed by atoms with Gasteiger partial charge in [0.1, 0.15) is 0 Å². The summed E-state index contributed by atoms with van der Waals surface area (Å²) in [5.41, 5.74) is 2.27. The van der Waals surface area contributed by atoms with Crippen molar-refractivity contribution in [3.05, 3.63) is 56.5 Å². The quantitative estimate of drug-likeness (QED) is 0.695. The van der Waals surface area contributed by atoms with Crippen molar-refractivity contribution in [1.82, 2.24) is 0 Å². The molecule has 2 N–H and O–H groups in total. The monoisotopic (exact) mass is 372 g/mol. The molecule has 0 aromatic heterocycles. The predicted octanol–water partition coefficient (Wildman–Crippen LogP) is 5.71. The second-order valence-electron chi connectivity index (χ2n) is 4.25. The van der Waals surface area contributed by atoms with Crippen LogP contribution in [0.25, 0.3) is 0 Å². The fraction of sp³-hybridized carbons (Fsp3) is 0.0714. The summed E-state index contributed by atoms with van der Waals surface area (Å²) in [7, 11) is 0. The molecular weight excluding hydrogens is 363 g/mol. The summed E-state index contributed by atoms with van der Waals surface area (Å²) in [6.07, 6.45) is 0. The standard InChI is InChI=1S/C14H11BrCl2N2O/c1-8-2-9(15)4-12(3-8)18-14(20)19-13-6-10(16)5-11(17)7-13/h2-7H,1H3,(H2,18,19,20). The Morgan fingerprint density at radius 3 is 2.05 bits per heavy atom. The van der Waals surface area contributed by atoms with Gasteiger partial charge in [-0.05, 0) is 48.9 Å². The van der Waals surface area contributed by atoms with Crippen LogP contribution in [-0.4, -0.2) is 6.03 Å². The highest BCUT2D eigenvalue weighted by molar-refractivity contribution is 9.10. The average molecular weight is 374 g/mol. The van der Waals surface area contributed by atoms with E-state index in [1.807, 2.05) is 25.1 Å². The smallest absolute Gasteiger partial charge is 0.308 e. The van der Waals surface area contributed by atoms with Gasteiger partial charge < -0.3 is 10.6 Å². The fourth-order valence-corrected chi connectivity index (χ4v) is 2.86. The van der Waals surface area contributed by atoms with Crippen LogP contribution >= 0.6 is 39.1 Å². The molecule has 2 amide bonds. The first kappa shape index (κ1) is 15.2. The van der Waals surface area contributed by atoms with Crippen LogP contribution in [-0.2, 0) is 0 Å². The van der Waals surface area contributed by atoms with E-state index >= 15 is 0 Å². The minimum Gasteiger partial charge on any atom is -0.308 e. The molecule has 0 aliphatic rings. The number of rotatable bonds is 2. The number of nitrogens with one attached hydrogen (secondary N) is 2. The number of hydrogen-bond acceptors (Lipinski definition) is 1. The Labute approximate surface area is 135 Å². The first-order valence-electron chi connectivity index (χ1n) is 5.74. The predicted molar refractivity (Wildman–Crippen MR) is 88.0 cm³/mol. The lowest BCUT2D eigenvalue weighted by Crippen LogP contribution is -2.19. The normalized spacial score (nSPS) is 10.2. The van der Waals surface area contributed by atoms with Gasteiger partial charge in [0, 0.05) is 25.9 Å². The minimum absolute atomic E-state index is 0.360. The van der Waals surface area contributed by atoms with Gasteiger partial charge in [-0.1, -0.05) is 39.1 Å². The molecule has 2 rings (SSSR count). The van der Waals surface area contributed by atoms with Gasteiger partial charge >= 0.3 is 6.03 Å².